The van der Waals surface area contributed by atoms with Gasteiger partial charge in [0.15, 0.2) is 0 Å². The molecule has 0 bridgehead atoms. The van der Waals surface area contributed by atoms with Crippen molar-refractivity contribution < 1.29 is 14.3 Å². The Labute approximate surface area is 189 Å². The Morgan fingerprint density at radius 3 is 2.44 bits per heavy atom. The highest BCUT2D eigenvalue weighted by Gasteiger charge is 2.34. The normalized spacial score (nSPS) is 19.9. The molecule has 8 heteroatoms. The first-order valence-electron chi connectivity index (χ1n) is 11.4. The first-order chi connectivity index (χ1) is 15.3. The predicted octanol–water partition coefficient (Wildman–Crippen LogP) is 2.70. The second-order valence-electron chi connectivity index (χ2n) is 9.61. The number of aromatic nitrogens is 2. The molecule has 2 aromatic rings. The van der Waals surface area contributed by atoms with Gasteiger partial charge in [0, 0.05) is 51.5 Å². The zero-order valence-corrected chi connectivity index (χ0v) is 19.2. The fraction of sp³-hybridized carbons (Fsp3) is 0.542. The van der Waals surface area contributed by atoms with Gasteiger partial charge in [-0.2, -0.15) is 5.10 Å². The van der Waals surface area contributed by atoms with E-state index >= 15 is 0 Å². The van der Waals surface area contributed by atoms with Crippen LogP contribution in [0.2, 0.25) is 0 Å². The van der Waals surface area contributed by atoms with Crippen molar-refractivity contribution in [2.24, 2.45) is 0 Å². The zero-order chi connectivity index (χ0) is 22.7. The quantitative estimate of drug-likeness (QED) is 0.733. The van der Waals surface area contributed by atoms with Crippen molar-refractivity contribution in [3.05, 3.63) is 53.9 Å². The van der Waals surface area contributed by atoms with Crippen LogP contribution in [0.15, 0.2) is 42.7 Å². The Bertz CT molecular complexity index is 929. The average Bonchev–Trinajstić information content (AvgIpc) is 3.43. The number of hydrogen-bond donors (Lipinski definition) is 0. The Morgan fingerprint density at radius 2 is 1.75 bits per heavy atom. The van der Waals surface area contributed by atoms with Crippen molar-refractivity contribution in [1.29, 1.82) is 0 Å². The number of carbonyl (C=O) groups is 2. The lowest BCUT2D eigenvalue weighted by atomic mass is 10.2. The van der Waals surface area contributed by atoms with E-state index in [-0.39, 0.29) is 12.0 Å². The number of amides is 2. The molecule has 2 fully saturated rings. The van der Waals surface area contributed by atoms with Gasteiger partial charge >= 0.3 is 6.09 Å². The number of carbonyl (C=O) groups excluding carboxylic acids is 2. The number of nitrogens with zero attached hydrogens (tertiary/aromatic N) is 5. The largest absolute Gasteiger partial charge is 0.444 e. The van der Waals surface area contributed by atoms with Gasteiger partial charge in [-0.05, 0) is 32.8 Å². The second kappa shape index (κ2) is 9.32. The fourth-order valence-electron chi connectivity index (χ4n) is 4.33. The summed E-state index contributed by atoms with van der Waals surface area (Å²) in [5, 5.41) is 4.37. The molecule has 2 saturated heterocycles. The Kier molecular flexibility index (Phi) is 6.50. The standard InChI is InChI=1S/C24H33N5O3/c1-24(2,3)32-23(31)27-13-11-26(12-14-27)21-9-10-28(18-21)22(30)20-15-25-29(17-20)16-19-7-5-4-6-8-19/h4-8,15,17,21H,9-14,16,18H2,1-3H3/t21-/m1/s1. The Hall–Kier alpha value is -2.87. The molecule has 8 nitrogen and oxygen atoms in total. The van der Waals surface area contributed by atoms with Crippen molar-refractivity contribution in [3.63, 3.8) is 0 Å². The van der Waals surface area contributed by atoms with Gasteiger partial charge in [0.05, 0.1) is 18.3 Å². The lowest BCUT2D eigenvalue weighted by Crippen LogP contribution is -2.53. The molecule has 2 aliphatic rings. The molecular weight excluding hydrogens is 406 g/mol. The van der Waals surface area contributed by atoms with Crippen LogP contribution in [0, 0.1) is 0 Å². The highest BCUT2D eigenvalue weighted by molar-refractivity contribution is 5.94. The lowest BCUT2D eigenvalue weighted by Gasteiger charge is -2.38. The third kappa shape index (κ3) is 5.48. The molecule has 0 spiro atoms. The zero-order valence-electron chi connectivity index (χ0n) is 19.2. The van der Waals surface area contributed by atoms with Crippen LogP contribution in [0.25, 0.3) is 0 Å². The number of hydrogen-bond acceptors (Lipinski definition) is 5. The number of piperazine rings is 1. The van der Waals surface area contributed by atoms with Gasteiger partial charge in [0.1, 0.15) is 5.60 Å². The molecule has 1 aromatic heterocycles. The summed E-state index contributed by atoms with van der Waals surface area (Å²) < 4.78 is 7.29. The van der Waals surface area contributed by atoms with Crippen LogP contribution in [-0.2, 0) is 11.3 Å². The molecule has 0 N–H and O–H groups in total. The molecule has 32 heavy (non-hydrogen) atoms. The van der Waals surface area contributed by atoms with Crippen LogP contribution in [0.4, 0.5) is 4.79 Å². The third-order valence-electron chi connectivity index (χ3n) is 6.00. The van der Waals surface area contributed by atoms with Crippen LogP contribution >= 0.6 is 0 Å². The van der Waals surface area contributed by atoms with Crippen molar-refractivity contribution >= 4 is 12.0 Å². The highest BCUT2D eigenvalue weighted by Crippen LogP contribution is 2.20. The van der Waals surface area contributed by atoms with Crippen molar-refractivity contribution in [3.8, 4) is 0 Å². The maximum Gasteiger partial charge on any atom is 0.410 e. The van der Waals surface area contributed by atoms with E-state index in [2.05, 4.69) is 22.1 Å². The van der Waals surface area contributed by atoms with Crippen LogP contribution in [0.3, 0.4) is 0 Å². The monoisotopic (exact) mass is 439 g/mol. The SMILES string of the molecule is CC(C)(C)OC(=O)N1CCN([C@@H]2CCN(C(=O)c3cnn(Cc4ccccc4)c3)C2)CC1. The van der Waals surface area contributed by atoms with Crippen molar-refractivity contribution in [1.82, 2.24) is 24.5 Å². The molecule has 172 valence electrons. The van der Waals surface area contributed by atoms with E-state index in [0.29, 0.717) is 31.2 Å². The summed E-state index contributed by atoms with van der Waals surface area (Å²) in [6.07, 6.45) is 4.21. The van der Waals surface area contributed by atoms with E-state index in [0.717, 1.165) is 38.2 Å². The van der Waals surface area contributed by atoms with E-state index in [1.807, 2.05) is 54.7 Å². The van der Waals surface area contributed by atoms with E-state index in [1.165, 1.54) is 0 Å². The smallest absolute Gasteiger partial charge is 0.410 e. The van der Waals surface area contributed by atoms with Gasteiger partial charge in [-0.3, -0.25) is 14.4 Å². The maximum atomic E-state index is 13.0. The molecule has 1 atom stereocenters. The van der Waals surface area contributed by atoms with Gasteiger partial charge in [0.25, 0.3) is 5.91 Å². The summed E-state index contributed by atoms with van der Waals surface area (Å²) in [4.78, 5) is 31.4. The third-order valence-corrected chi connectivity index (χ3v) is 6.00. The molecular formula is C24H33N5O3. The summed E-state index contributed by atoms with van der Waals surface area (Å²) in [5.74, 6) is 0.0409. The molecule has 0 saturated carbocycles. The Morgan fingerprint density at radius 1 is 1.03 bits per heavy atom. The molecule has 2 aliphatic heterocycles. The van der Waals surface area contributed by atoms with E-state index in [4.69, 9.17) is 4.74 Å². The Balaban J connectivity index is 1.27. The van der Waals surface area contributed by atoms with Gasteiger partial charge < -0.3 is 14.5 Å². The number of likely N-dealkylation sites (tertiary alicyclic amines) is 1. The second-order valence-corrected chi connectivity index (χ2v) is 9.61. The number of benzene rings is 1. The van der Waals surface area contributed by atoms with Gasteiger partial charge in [-0.1, -0.05) is 30.3 Å². The maximum absolute atomic E-state index is 13.0. The summed E-state index contributed by atoms with van der Waals surface area (Å²) in [7, 11) is 0. The minimum absolute atomic E-state index is 0.0409. The van der Waals surface area contributed by atoms with Gasteiger partial charge in [-0.25, -0.2) is 4.79 Å². The molecule has 3 heterocycles. The summed E-state index contributed by atoms with van der Waals surface area (Å²) in [6.45, 7) is 10.7. The van der Waals surface area contributed by atoms with E-state index < -0.39 is 5.60 Å². The van der Waals surface area contributed by atoms with Crippen LogP contribution < -0.4 is 0 Å². The van der Waals surface area contributed by atoms with Gasteiger partial charge in [-0.15, -0.1) is 0 Å². The lowest BCUT2D eigenvalue weighted by molar-refractivity contribution is 0.0108. The number of ether oxygens (including phenoxy) is 1. The van der Waals surface area contributed by atoms with E-state index in [1.54, 1.807) is 11.1 Å². The number of rotatable bonds is 4. The fourth-order valence-corrected chi connectivity index (χ4v) is 4.33. The minimum atomic E-state index is -0.477. The predicted molar refractivity (Wildman–Crippen MR) is 121 cm³/mol. The van der Waals surface area contributed by atoms with Crippen LogP contribution in [0.5, 0.6) is 0 Å². The molecule has 0 aliphatic carbocycles. The first-order valence-corrected chi connectivity index (χ1v) is 11.4. The molecule has 0 radical (unpaired) electrons. The highest BCUT2D eigenvalue weighted by atomic mass is 16.6. The first kappa shape index (κ1) is 22.3. The summed E-state index contributed by atoms with van der Waals surface area (Å²) in [5.41, 5.74) is 1.31. The molecule has 4 rings (SSSR count). The van der Waals surface area contributed by atoms with Crippen LogP contribution in [0.1, 0.15) is 43.1 Å². The summed E-state index contributed by atoms with van der Waals surface area (Å²) >= 11 is 0. The topological polar surface area (TPSA) is 70.9 Å². The van der Waals surface area contributed by atoms with Gasteiger partial charge in [0.2, 0.25) is 0 Å². The van der Waals surface area contributed by atoms with Crippen LogP contribution in [-0.4, -0.2) is 87.4 Å². The van der Waals surface area contributed by atoms with Crippen molar-refractivity contribution in [2.45, 2.75) is 45.4 Å². The molecule has 2 amide bonds. The minimum Gasteiger partial charge on any atom is -0.444 e. The average molecular weight is 440 g/mol. The molecule has 1 aromatic carbocycles. The summed E-state index contributed by atoms with van der Waals surface area (Å²) in [6, 6.07) is 10.4. The van der Waals surface area contributed by atoms with Crippen molar-refractivity contribution in [2.75, 3.05) is 39.3 Å². The van der Waals surface area contributed by atoms with E-state index in [9.17, 15) is 9.59 Å². The molecule has 0 unspecified atom stereocenters.